The predicted octanol–water partition coefficient (Wildman–Crippen LogP) is 1.60. The van der Waals surface area contributed by atoms with Crippen molar-refractivity contribution in [3.05, 3.63) is 47.3 Å². The van der Waals surface area contributed by atoms with Crippen molar-refractivity contribution < 1.29 is 26.4 Å². The molecule has 1 aliphatic heterocycles. The van der Waals surface area contributed by atoms with Crippen LogP contribution in [-0.2, 0) is 34.6 Å². The predicted molar refractivity (Wildman–Crippen MR) is 120 cm³/mol. The molecule has 1 aromatic heterocycles. The quantitative estimate of drug-likeness (QED) is 0.613. The summed E-state index contributed by atoms with van der Waals surface area (Å²) in [5.74, 6) is -0.915. The summed E-state index contributed by atoms with van der Waals surface area (Å²) >= 11 is 0. The van der Waals surface area contributed by atoms with Crippen molar-refractivity contribution in [2.24, 2.45) is 7.05 Å². The summed E-state index contributed by atoms with van der Waals surface area (Å²) in [7, 11) is -0.789. The molecule has 2 aromatic rings. The van der Waals surface area contributed by atoms with E-state index in [4.69, 9.17) is 0 Å². The van der Waals surface area contributed by atoms with E-state index in [1.807, 2.05) is 16.7 Å². The molecule has 1 N–H and O–H groups in total. The maximum atomic E-state index is 13.2. The standard InChI is InChI=1S/C20H26F3N5O3S.Na.H/c1-14-7-15(9-16(8-14)20(21,22)23)10-19(29)25-32(30,31)28(18-11-24-27(3)13-18)17-5-4-6-26(2)12-17;;/h7-9,11,13,17H,4-6,10,12H2,1-3H3,(H,25,29);;. The number of aryl methyl sites for hydroxylation is 2. The second-order valence-corrected chi connectivity index (χ2v) is 9.69. The summed E-state index contributed by atoms with van der Waals surface area (Å²) in [6.45, 7) is 2.78. The van der Waals surface area contributed by atoms with E-state index in [1.165, 1.54) is 30.1 Å². The van der Waals surface area contributed by atoms with Gasteiger partial charge in [0.25, 0.3) is 0 Å². The van der Waals surface area contributed by atoms with Crippen LogP contribution in [0.25, 0.3) is 0 Å². The van der Waals surface area contributed by atoms with Gasteiger partial charge < -0.3 is 4.90 Å². The number of hydrogen-bond acceptors (Lipinski definition) is 5. The Morgan fingerprint density at radius 2 is 1.97 bits per heavy atom. The fourth-order valence-electron chi connectivity index (χ4n) is 3.94. The van der Waals surface area contributed by atoms with Crippen LogP contribution in [0, 0.1) is 6.92 Å². The molecule has 33 heavy (non-hydrogen) atoms. The number of hydrogen-bond donors (Lipinski definition) is 1. The minimum absolute atomic E-state index is 0. The van der Waals surface area contributed by atoms with Crippen molar-refractivity contribution >= 4 is 51.4 Å². The fraction of sp³-hybridized carbons (Fsp3) is 0.500. The Hall–Kier alpha value is -1.60. The number of nitrogens with zero attached hydrogens (tertiary/aromatic N) is 4. The molecular formula is C20H27F3N5NaO3S. The van der Waals surface area contributed by atoms with Gasteiger partial charge in [-0.05, 0) is 51.1 Å². The van der Waals surface area contributed by atoms with Crippen LogP contribution in [0.15, 0.2) is 30.6 Å². The first-order chi connectivity index (χ1) is 14.8. The third-order valence-electron chi connectivity index (χ3n) is 5.21. The van der Waals surface area contributed by atoms with Gasteiger partial charge in [-0.1, -0.05) is 11.6 Å². The van der Waals surface area contributed by atoms with Gasteiger partial charge in [0.05, 0.1) is 29.9 Å². The van der Waals surface area contributed by atoms with Crippen LogP contribution in [0.1, 0.15) is 29.5 Å². The number of rotatable bonds is 6. The van der Waals surface area contributed by atoms with Crippen molar-refractivity contribution in [3.8, 4) is 0 Å². The molecule has 1 amide bonds. The van der Waals surface area contributed by atoms with E-state index in [0.717, 1.165) is 29.4 Å². The van der Waals surface area contributed by atoms with Crippen molar-refractivity contribution in [1.29, 1.82) is 0 Å². The van der Waals surface area contributed by atoms with Gasteiger partial charge in [0, 0.05) is 19.8 Å². The Labute approximate surface area is 213 Å². The number of anilines is 1. The Balaban J connectivity index is 0.00000385. The van der Waals surface area contributed by atoms with E-state index < -0.39 is 40.3 Å². The van der Waals surface area contributed by atoms with Gasteiger partial charge >= 0.3 is 45.9 Å². The number of likely N-dealkylation sites (tertiary alicyclic amines) is 1. The van der Waals surface area contributed by atoms with E-state index in [1.54, 1.807) is 7.05 Å². The van der Waals surface area contributed by atoms with Crippen LogP contribution in [0.2, 0.25) is 0 Å². The van der Waals surface area contributed by atoms with Crippen LogP contribution in [0.3, 0.4) is 0 Å². The van der Waals surface area contributed by atoms with Gasteiger partial charge in [-0.15, -0.1) is 0 Å². The van der Waals surface area contributed by atoms with E-state index in [9.17, 15) is 26.4 Å². The van der Waals surface area contributed by atoms with Gasteiger partial charge in [-0.25, -0.2) is 9.03 Å². The molecule has 1 atom stereocenters. The van der Waals surface area contributed by atoms with Crippen LogP contribution >= 0.6 is 0 Å². The molecule has 0 saturated carbocycles. The molecule has 2 heterocycles. The third kappa shape index (κ3) is 7.19. The number of halogens is 3. The van der Waals surface area contributed by atoms with Crippen molar-refractivity contribution in [3.63, 3.8) is 0 Å². The molecular weight excluding hydrogens is 470 g/mol. The van der Waals surface area contributed by atoms with E-state index >= 15 is 0 Å². The Kier molecular flexibility index (Phi) is 9.02. The zero-order valence-electron chi connectivity index (χ0n) is 18.1. The number of carbonyl (C=O) groups excluding carboxylic acids is 1. The normalized spacial score (nSPS) is 17.3. The monoisotopic (exact) mass is 497 g/mol. The maximum absolute atomic E-state index is 13.2. The summed E-state index contributed by atoms with van der Waals surface area (Å²) < 4.78 is 70.2. The van der Waals surface area contributed by atoms with Gasteiger partial charge in [0.15, 0.2) is 0 Å². The van der Waals surface area contributed by atoms with Gasteiger partial charge in [0.2, 0.25) is 5.91 Å². The average Bonchev–Trinajstić information content (AvgIpc) is 3.05. The summed E-state index contributed by atoms with van der Waals surface area (Å²) in [5, 5.41) is 4.03. The zero-order valence-corrected chi connectivity index (χ0v) is 18.9. The Morgan fingerprint density at radius 3 is 2.55 bits per heavy atom. The summed E-state index contributed by atoms with van der Waals surface area (Å²) in [6.07, 6.45) is -0.752. The molecule has 178 valence electrons. The first-order valence-corrected chi connectivity index (χ1v) is 11.5. The van der Waals surface area contributed by atoms with Crippen LogP contribution < -0.4 is 9.03 Å². The summed E-state index contributed by atoms with van der Waals surface area (Å²) in [6, 6.07) is 2.84. The molecule has 1 aromatic carbocycles. The van der Waals surface area contributed by atoms with Crippen LogP contribution in [0.4, 0.5) is 18.9 Å². The summed E-state index contributed by atoms with van der Waals surface area (Å²) in [4.78, 5) is 14.6. The molecule has 13 heteroatoms. The zero-order chi connectivity index (χ0) is 23.7. The number of alkyl halides is 3. The van der Waals surface area contributed by atoms with E-state index in [2.05, 4.69) is 5.10 Å². The molecule has 1 fully saturated rings. The Morgan fingerprint density at radius 1 is 1.27 bits per heavy atom. The number of carbonyl (C=O) groups is 1. The van der Waals surface area contributed by atoms with Gasteiger partial charge in [-0.2, -0.15) is 26.7 Å². The molecule has 1 unspecified atom stereocenters. The fourth-order valence-corrected chi connectivity index (χ4v) is 5.34. The molecule has 8 nitrogen and oxygen atoms in total. The number of benzene rings is 1. The second-order valence-electron chi connectivity index (χ2n) is 8.14. The molecule has 0 radical (unpaired) electrons. The Bertz CT molecular complexity index is 1090. The van der Waals surface area contributed by atoms with Crippen molar-refractivity contribution in [2.75, 3.05) is 24.4 Å². The van der Waals surface area contributed by atoms with Crippen LogP contribution in [-0.4, -0.2) is 84.7 Å². The van der Waals surface area contributed by atoms with Crippen LogP contribution in [0.5, 0.6) is 0 Å². The summed E-state index contributed by atoms with van der Waals surface area (Å²) in [5.41, 5.74) is -0.170. The molecule has 1 aliphatic rings. The molecule has 0 bridgehead atoms. The van der Waals surface area contributed by atoms with Crippen molar-refractivity contribution in [1.82, 2.24) is 19.4 Å². The van der Waals surface area contributed by atoms with E-state index in [-0.39, 0.29) is 35.1 Å². The molecule has 1 saturated heterocycles. The van der Waals surface area contributed by atoms with Gasteiger partial charge in [0.1, 0.15) is 0 Å². The number of likely N-dealkylation sites (N-methyl/N-ethyl adjacent to an activating group) is 1. The third-order valence-corrected chi connectivity index (χ3v) is 6.72. The first-order valence-electron chi connectivity index (χ1n) is 10.0. The number of nitrogens with one attached hydrogen (secondary N) is 1. The molecule has 0 spiro atoms. The number of amides is 1. The average molecular weight is 498 g/mol. The number of aromatic nitrogens is 2. The molecule has 0 aliphatic carbocycles. The topological polar surface area (TPSA) is 87.5 Å². The van der Waals surface area contributed by atoms with Crippen molar-refractivity contribution in [2.45, 2.75) is 38.4 Å². The van der Waals surface area contributed by atoms with E-state index in [0.29, 0.717) is 24.2 Å². The SMILES string of the molecule is Cc1cc(CC(=O)NS(=O)(=O)N(c2cnn(C)c2)C2CCCN(C)C2)cc(C(F)(F)F)c1.[NaH]. The number of piperidine rings is 1. The van der Waals surface area contributed by atoms with Gasteiger partial charge in [-0.3, -0.25) is 9.48 Å². The molecule has 3 rings (SSSR count). The first kappa shape index (κ1) is 27.6. The second kappa shape index (κ2) is 10.8. The minimum atomic E-state index is -4.56.